The lowest BCUT2D eigenvalue weighted by Gasteiger charge is -2.28. The maximum Gasteiger partial charge on any atom is 0.306 e. The van der Waals surface area contributed by atoms with Crippen LogP contribution in [0.3, 0.4) is 0 Å². The number of para-hydroxylation sites is 1. The van der Waals surface area contributed by atoms with Gasteiger partial charge < -0.3 is 19.1 Å². The van der Waals surface area contributed by atoms with Crippen LogP contribution in [0.5, 0.6) is 11.5 Å². The molecule has 0 bridgehead atoms. The second kappa shape index (κ2) is 12.4. The molecule has 0 saturated carbocycles. The average Bonchev–Trinajstić information content (AvgIpc) is 3.51. The first kappa shape index (κ1) is 29.4. The number of unbranched alkanes of at least 4 members (excludes halogenated alkanes) is 1. The number of carbonyl (C=O) groups excluding carboxylic acids is 1. The number of fused-ring (bicyclic) bond motifs is 2. The molecule has 2 unspecified atom stereocenters. The van der Waals surface area contributed by atoms with Gasteiger partial charge in [0, 0.05) is 40.7 Å². The van der Waals surface area contributed by atoms with Gasteiger partial charge in [0.2, 0.25) is 0 Å². The summed E-state index contributed by atoms with van der Waals surface area (Å²) in [5.41, 5.74) is 5.21. The molecule has 4 aromatic rings. The molecule has 0 spiro atoms. The highest BCUT2D eigenvalue weighted by molar-refractivity contribution is 6.17. The monoisotopic (exact) mass is 567 g/mol. The number of hydrogen-bond donors (Lipinski definition) is 1. The summed E-state index contributed by atoms with van der Waals surface area (Å²) in [6.45, 7) is 8.70. The summed E-state index contributed by atoms with van der Waals surface area (Å²) in [4.78, 5) is 25.7. The van der Waals surface area contributed by atoms with Crippen molar-refractivity contribution in [3.8, 4) is 11.5 Å². The zero-order valence-corrected chi connectivity index (χ0v) is 25.1. The molecule has 6 nitrogen and oxygen atoms in total. The first-order chi connectivity index (χ1) is 20.3. The van der Waals surface area contributed by atoms with E-state index in [4.69, 9.17) is 9.47 Å². The fourth-order valence-electron chi connectivity index (χ4n) is 6.11. The molecule has 1 aromatic heterocycles. The van der Waals surface area contributed by atoms with Crippen LogP contribution in [0.15, 0.2) is 66.7 Å². The van der Waals surface area contributed by atoms with Gasteiger partial charge in [0.1, 0.15) is 0 Å². The van der Waals surface area contributed by atoms with Crippen LogP contribution in [-0.2, 0) is 23.5 Å². The quantitative estimate of drug-likeness (QED) is 0.164. The van der Waals surface area contributed by atoms with Crippen LogP contribution in [-0.4, -0.2) is 21.4 Å². The molecule has 0 radical (unpaired) electrons. The molecule has 220 valence electrons. The molecular formula is C36H41NO5. The van der Waals surface area contributed by atoms with Crippen LogP contribution in [0.4, 0.5) is 0 Å². The Hall–Kier alpha value is -4.06. The Kier molecular flexibility index (Phi) is 8.72. The van der Waals surface area contributed by atoms with Crippen molar-refractivity contribution in [2.24, 2.45) is 5.92 Å². The fourth-order valence-corrected chi connectivity index (χ4v) is 6.11. The highest BCUT2D eigenvalue weighted by atomic mass is 16.7. The Balaban J connectivity index is 1.47. The van der Waals surface area contributed by atoms with Crippen molar-refractivity contribution < 1.29 is 24.2 Å². The molecule has 0 aliphatic carbocycles. The van der Waals surface area contributed by atoms with Gasteiger partial charge in [-0.1, -0.05) is 76.1 Å². The summed E-state index contributed by atoms with van der Waals surface area (Å²) in [7, 11) is 0. The fraction of sp³-hybridized carbons (Fsp3) is 0.389. The average molecular weight is 568 g/mol. The van der Waals surface area contributed by atoms with E-state index in [0.717, 1.165) is 47.8 Å². The molecular weight excluding hydrogens is 526 g/mol. The van der Waals surface area contributed by atoms with Gasteiger partial charge in [-0.2, -0.15) is 0 Å². The van der Waals surface area contributed by atoms with E-state index >= 15 is 0 Å². The molecule has 1 aliphatic rings. The predicted octanol–water partition coefficient (Wildman–Crippen LogP) is 8.45. The van der Waals surface area contributed by atoms with Crippen LogP contribution < -0.4 is 9.47 Å². The number of rotatable bonds is 13. The molecule has 1 aliphatic heterocycles. The van der Waals surface area contributed by atoms with E-state index in [1.165, 1.54) is 5.56 Å². The van der Waals surface area contributed by atoms with Crippen molar-refractivity contribution in [1.82, 2.24) is 4.57 Å². The van der Waals surface area contributed by atoms with Gasteiger partial charge >= 0.3 is 5.97 Å². The second-order valence-corrected chi connectivity index (χ2v) is 11.4. The first-order valence-corrected chi connectivity index (χ1v) is 15.3. The molecule has 6 heteroatoms. The zero-order valence-electron chi connectivity index (χ0n) is 25.1. The number of ether oxygens (including phenoxy) is 2. The highest BCUT2D eigenvalue weighted by Gasteiger charge is 2.43. The standard InChI is InChI=1S/C36H41NO5/c1-5-8-21-36(28-17-14-25(11-6-2)15-18-28)41-31-19-16-27(23-32(31)42-36)34(38)33-24(4)37(22-20-26(7-3)35(39)40)30-13-10-9-12-29(30)33/h9-10,12-19,23,26H,5-8,11,20-22H2,1-4H3,(H,39,40). The third-order valence-corrected chi connectivity index (χ3v) is 8.55. The van der Waals surface area contributed by atoms with Crippen molar-refractivity contribution in [3.05, 3.63) is 94.7 Å². The van der Waals surface area contributed by atoms with E-state index in [9.17, 15) is 14.7 Å². The predicted molar refractivity (Wildman–Crippen MR) is 165 cm³/mol. The third kappa shape index (κ3) is 5.55. The maximum absolute atomic E-state index is 14.1. The normalized spacial score (nSPS) is 16.6. The number of aliphatic carboxylic acids is 1. The molecule has 0 saturated heterocycles. The summed E-state index contributed by atoms with van der Waals surface area (Å²) in [6, 6.07) is 21.8. The number of aromatic nitrogens is 1. The summed E-state index contributed by atoms with van der Waals surface area (Å²) in [5.74, 6) is -1.00. The number of nitrogens with zero attached hydrogens (tertiary/aromatic N) is 1. The van der Waals surface area contributed by atoms with E-state index in [-0.39, 0.29) is 5.78 Å². The molecule has 0 fully saturated rings. The topological polar surface area (TPSA) is 77.8 Å². The molecule has 2 atom stereocenters. The number of hydrogen-bond acceptors (Lipinski definition) is 4. The number of benzene rings is 3. The van der Waals surface area contributed by atoms with Crippen molar-refractivity contribution in [2.45, 2.75) is 85.0 Å². The number of carbonyl (C=O) groups is 2. The van der Waals surface area contributed by atoms with Crippen LogP contribution in [0.2, 0.25) is 0 Å². The number of aryl methyl sites for hydroxylation is 2. The lowest BCUT2D eigenvalue weighted by Crippen LogP contribution is -2.35. The summed E-state index contributed by atoms with van der Waals surface area (Å²) < 4.78 is 15.2. The largest absolute Gasteiger partial charge is 0.481 e. The van der Waals surface area contributed by atoms with Crippen molar-refractivity contribution in [2.75, 3.05) is 0 Å². The van der Waals surface area contributed by atoms with Gasteiger partial charge in [-0.25, -0.2) is 0 Å². The minimum atomic E-state index is -0.920. The number of ketones is 1. The summed E-state index contributed by atoms with van der Waals surface area (Å²) >= 11 is 0. The van der Waals surface area contributed by atoms with Crippen molar-refractivity contribution >= 4 is 22.7 Å². The molecule has 1 N–H and O–H groups in total. The van der Waals surface area contributed by atoms with Crippen molar-refractivity contribution in [1.29, 1.82) is 0 Å². The van der Waals surface area contributed by atoms with E-state index < -0.39 is 17.7 Å². The van der Waals surface area contributed by atoms with Crippen molar-refractivity contribution in [3.63, 3.8) is 0 Å². The minimum Gasteiger partial charge on any atom is -0.481 e. The first-order valence-electron chi connectivity index (χ1n) is 15.3. The van der Waals surface area contributed by atoms with Gasteiger partial charge in [-0.05, 0) is 62.4 Å². The van der Waals surface area contributed by atoms with Gasteiger partial charge in [0.15, 0.2) is 17.3 Å². The lowest BCUT2D eigenvalue weighted by atomic mass is 9.97. The SMILES string of the molecule is CCCCC1(c2ccc(CCC)cc2)Oc2ccc(C(=O)c3c(C)n(CCC(CC)C(=O)O)c4ccccc34)cc2O1. The maximum atomic E-state index is 14.1. The Morgan fingerprint density at radius 2 is 1.67 bits per heavy atom. The van der Waals surface area contributed by atoms with E-state index in [1.807, 2.05) is 50.2 Å². The highest BCUT2D eigenvalue weighted by Crippen LogP contribution is 2.47. The molecule has 0 amide bonds. The smallest absolute Gasteiger partial charge is 0.306 e. The van der Waals surface area contributed by atoms with Crippen LogP contribution in [0.25, 0.3) is 10.9 Å². The van der Waals surface area contributed by atoms with E-state index in [2.05, 4.69) is 42.7 Å². The lowest BCUT2D eigenvalue weighted by molar-refractivity contribution is -0.142. The number of carboxylic acid groups (broad SMARTS) is 1. The van der Waals surface area contributed by atoms with Crippen LogP contribution in [0, 0.1) is 12.8 Å². The number of carboxylic acids is 1. The Morgan fingerprint density at radius 1 is 0.929 bits per heavy atom. The van der Waals surface area contributed by atoms with Gasteiger partial charge in [-0.3, -0.25) is 9.59 Å². The van der Waals surface area contributed by atoms with E-state index in [1.54, 1.807) is 6.07 Å². The Labute approximate surface area is 248 Å². The molecule has 2 heterocycles. The Morgan fingerprint density at radius 3 is 2.36 bits per heavy atom. The zero-order chi connectivity index (χ0) is 29.9. The van der Waals surface area contributed by atoms with Crippen LogP contribution >= 0.6 is 0 Å². The molecule has 3 aromatic carbocycles. The Bertz CT molecular complexity index is 1580. The van der Waals surface area contributed by atoms with Gasteiger partial charge in [0.05, 0.1) is 11.5 Å². The summed E-state index contributed by atoms with van der Waals surface area (Å²) in [5, 5.41) is 10.4. The third-order valence-electron chi connectivity index (χ3n) is 8.55. The van der Waals surface area contributed by atoms with E-state index in [0.29, 0.717) is 48.4 Å². The minimum absolute atomic E-state index is 0.0888. The van der Waals surface area contributed by atoms with Crippen LogP contribution in [0.1, 0.15) is 92.0 Å². The van der Waals surface area contributed by atoms with Gasteiger partial charge in [-0.15, -0.1) is 0 Å². The van der Waals surface area contributed by atoms with Gasteiger partial charge in [0.25, 0.3) is 5.79 Å². The second-order valence-electron chi connectivity index (χ2n) is 11.4. The summed E-state index contributed by atoms with van der Waals surface area (Å²) in [6.07, 6.45) is 5.85. The molecule has 42 heavy (non-hydrogen) atoms. The molecule has 5 rings (SSSR count).